The summed E-state index contributed by atoms with van der Waals surface area (Å²) in [6, 6.07) is 15.8. The molecule has 1 N–H and O–H groups in total. The molecule has 0 saturated carbocycles. The summed E-state index contributed by atoms with van der Waals surface area (Å²) >= 11 is 1.30. The molecule has 0 atom stereocenters. The molecular weight excluding hydrogens is 388 g/mol. The largest absolute Gasteiger partial charge is 0.497 e. The maximum atomic E-state index is 11.8. The molecule has 0 aliphatic rings. The van der Waals surface area contributed by atoms with Crippen LogP contribution in [0.2, 0.25) is 0 Å². The number of nitrogens with zero attached hydrogens (tertiary/aromatic N) is 3. The molecule has 0 spiro atoms. The Bertz CT molecular complexity index is 940. The van der Waals surface area contributed by atoms with Crippen LogP contribution < -0.4 is 10.1 Å². The van der Waals surface area contributed by atoms with Gasteiger partial charge in [-0.15, -0.1) is 10.2 Å². The fraction of sp³-hybridized carbons (Fsp3) is 0.286. The first-order chi connectivity index (χ1) is 14.1. The lowest BCUT2D eigenvalue weighted by Gasteiger charge is -2.12. The molecule has 1 heterocycles. The van der Waals surface area contributed by atoms with Gasteiger partial charge >= 0.3 is 5.97 Å². The van der Waals surface area contributed by atoms with E-state index in [4.69, 9.17) is 9.47 Å². The van der Waals surface area contributed by atoms with Crippen LogP contribution in [-0.2, 0) is 16.1 Å². The Morgan fingerprint density at radius 1 is 1.10 bits per heavy atom. The second kappa shape index (κ2) is 9.97. The van der Waals surface area contributed by atoms with Gasteiger partial charge in [-0.1, -0.05) is 29.5 Å². The highest BCUT2D eigenvalue weighted by Gasteiger charge is 2.16. The van der Waals surface area contributed by atoms with Gasteiger partial charge < -0.3 is 14.8 Å². The van der Waals surface area contributed by atoms with Crippen LogP contribution >= 0.6 is 11.8 Å². The van der Waals surface area contributed by atoms with Gasteiger partial charge in [0.1, 0.15) is 5.75 Å². The van der Waals surface area contributed by atoms with Crippen LogP contribution in [0, 0.1) is 6.92 Å². The summed E-state index contributed by atoms with van der Waals surface area (Å²) in [5.74, 6) is 1.40. The van der Waals surface area contributed by atoms with E-state index in [2.05, 4.69) is 34.6 Å². The molecule has 0 radical (unpaired) electrons. The minimum absolute atomic E-state index is 0.174. The van der Waals surface area contributed by atoms with Gasteiger partial charge in [0.25, 0.3) is 0 Å². The molecule has 3 rings (SSSR count). The van der Waals surface area contributed by atoms with E-state index in [1.165, 1.54) is 17.3 Å². The molecule has 29 heavy (non-hydrogen) atoms. The van der Waals surface area contributed by atoms with Crippen molar-refractivity contribution in [2.75, 3.05) is 24.8 Å². The first-order valence-corrected chi connectivity index (χ1v) is 10.3. The Kier molecular flexibility index (Phi) is 7.13. The van der Waals surface area contributed by atoms with Gasteiger partial charge in [0.15, 0.2) is 11.0 Å². The van der Waals surface area contributed by atoms with E-state index >= 15 is 0 Å². The number of benzene rings is 2. The van der Waals surface area contributed by atoms with Crippen molar-refractivity contribution in [3.05, 3.63) is 59.9 Å². The molecule has 0 aliphatic heterocycles. The normalized spacial score (nSPS) is 10.6. The Morgan fingerprint density at radius 2 is 1.83 bits per heavy atom. The van der Waals surface area contributed by atoms with Crippen molar-refractivity contribution in [3.8, 4) is 11.4 Å². The first-order valence-electron chi connectivity index (χ1n) is 9.28. The third-order valence-corrected chi connectivity index (χ3v) is 5.06. The monoisotopic (exact) mass is 412 g/mol. The van der Waals surface area contributed by atoms with E-state index in [1.807, 2.05) is 41.0 Å². The van der Waals surface area contributed by atoms with Crippen molar-refractivity contribution < 1.29 is 14.3 Å². The van der Waals surface area contributed by atoms with Gasteiger partial charge in [-0.25, -0.2) is 0 Å². The van der Waals surface area contributed by atoms with E-state index in [0.29, 0.717) is 18.3 Å². The molecule has 8 heteroatoms. The predicted octanol–water partition coefficient (Wildman–Crippen LogP) is 3.85. The molecule has 1 aromatic heterocycles. The standard InChI is InChI=1S/C21H24N4O3S/c1-4-28-20(26)14-29-21-24-23-19(13-22-16-7-5-15(2)6-8-16)25(21)17-9-11-18(27-3)12-10-17/h5-12,22H,4,13-14H2,1-3H3. The molecule has 152 valence electrons. The number of ether oxygens (including phenoxy) is 2. The van der Waals surface area contributed by atoms with Crippen LogP contribution in [0.25, 0.3) is 5.69 Å². The quantitative estimate of drug-likeness (QED) is 0.422. The second-order valence-corrected chi connectivity index (χ2v) is 7.19. The number of aromatic nitrogens is 3. The van der Waals surface area contributed by atoms with Gasteiger partial charge in [0.05, 0.1) is 26.0 Å². The molecule has 2 aromatic carbocycles. The molecule has 3 aromatic rings. The number of carbonyl (C=O) groups is 1. The van der Waals surface area contributed by atoms with Crippen LogP contribution in [0.5, 0.6) is 5.75 Å². The number of aryl methyl sites for hydroxylation is 1. The topological polar surface area (TPSA) is 78.3 Å². The van der Waals surface area contributed by atoms with E-state index in [0.717, 1.165) is 22.9 Å². The summed E-state index contributed by atoms with van der Waals surface area (Å²) < 4.78 is 12.2. The zero-order chi connectivity index (χ0) is 20.6. The highest BCUT2D eigenvalue weighted by molar-refractivity contribution is 7.99. The molecule has 0 amide bonds. The summed E-state index contributed by atoms with van der Waals surface area (Å²) in [5.41, 5.74) is 3.10. The zero-order valence-electron chi connectivity index (χ0n) is 16.7. The predicted molar refractivity (Wildman–Crippen MR) is 114 cm³/mol. The Balaban J connectivity index is 1.83. The molecular formula is C21H24N4O3S. The fourth-order valence-electron chi connectivity index (χ4n) is 2.68. The zero-order valence-corrected chi connectivity index (χ0v) is 17.5. The van der Waals surface area contributed by atoms with Crippen molar-refractivity contribution in [2.24, 2.45) is 0 Å². The summed E-state index contributed by atoms with van der Waals surface area (Å²) in [5, 5.41) is 12.6. The molecule has 0 aliphatic carbocycles. The molecule has 0 bridgehead atoms. The fourth-order valence-corrected chi connectivity index (χ4v) is 3.45. The lowest BCUT2D eigenvalue weighted by atomic mass is 10.2. The second-order valence-electron chi connectivity index (χ2n) is 6.25. The van der Waals surface area contributed by atoms with Crippen LogP contribution in [0.15, 0.2) is 53.7 Å². The van der Waals surface area contributed by atoms with Gasteiger partial charge in [-0.3, -0.25) is 9.36 Å². The molecule has 0 saturated heterocycles. The van der Waals surface area contributed by atoms with Crippen molar-refractivity contribution >= 4 is 23.4 Å². The number of thioether (sulfide) groups is 1. The van der Waals surface area contributed by atoms with Crippen LogP contribution in [0.3, 0.4) is 0 Å². The number of rotatable bonds is 9. The summed E-state index contributed by atoms with van der Waals surface area (Å²) in [6.07, 6.45) is 0. The van der Waals surface area contributed by atoms with Gasteiger partial charge in [0.2, 0.25) is 0 Å². The van der Waals surface area contributed by atoms with Crippen LogP contribution in [0.4, 0.5) is 5.69 Å². The summed E-state index contributed by atoms with van der Waals surface area (Å²) in [7, 11) is 1.63. The van der Waals surface area contributed by atoms with Gasteiger partial charge in [-0.05, 0) is 50.2 Å². The minimum atomic E-state index is -0.277. The van der Waals surface area contributed by atoms with E-state index in [1.54, 1.807) is 14.0 Å². The van der Waals surface area contributed by atoms with Crippen LogP contribution in [-0.4, -0.2) is 40.2 Å². The number of hydrogen-bond acceptors (Lipinski definition) is 7. The van der Waals surface area contributed by atoms with Gasteiger partial charge in [-0.2, -0.15) is 0 Å². The van der Waals surface area contributed by atoms with Crippen molar-refractivity contribution in [1.82, 2.24) is 14.8 Å². The summed E-state index contributed by atoms with van der Waals surface area (Å²) in [6.45, 7) is 4.69. The number of esters is 1. The number of anilines is 1. The Labute approximate surface area is 174 Å². The van der Waals surface area contributed by atoms with E-state index in [9.17, 15) is 4.79 Å². The smallest absolute Gasteiger partial charge is 0.316 e. The minimum Gasteiger partial charge on any atom is -0.497 e. The number of methoxy groups -OCH3 is 1. The number of hydrogen-bond donors (Lipinski definition) is 1. The first kappa shape index (κ1) is 20.7. The van der Waals surface area contributed by atoms with Crippen LogP contribution in [0.1, 0.15) is 18.3 Å². The van der Waals surface area contributed by atoms with E-state index < -0.39 is 0 Å². The molecule has 7 nitrogen and oxygen atoms in total. The highest BCUT2D eigenvalue weighted by atomic mass is 32.2. The van der Waals surface area contributed by atoms with Crippen molar-refractivity contribution in [3.63, 3.8) is 0 Å². The highest BCUT2D eigenvalue weighted by Crippen LogP contribution is 2.24. The maximum absolute atomic E-state index is 11.8. The average molecular weight is 413 g/mol. The third kappa shape index (κ3) is 5.51. The SMILES string of the molecule is CCOC(=O)CSc1nnc(CNc2ccc(C)cc2)n1-c1ccc(OC)cc1. The lowest BCUT2D eigenvalue weighted by Crippen LogP contribution is -2.10. The van der Waals surface area contributed by atoms with Crippen molar-refractivity contribution in [2.45, 2.75) is 25.5 Å². The number of carbonyl (C=O) groups excluding carboxylic acids is 1. The maximum Gasteiger partial charge on any atom is 0.316 e. The van der Waals surface area contributed by atoms with Gasteiger partial charge in [0, 0.05) is 11.4 Å². The Morgan fingerprint density at radius 3 is 2.48 bits per heavy atom. The lowest BCUT2D eigenvalue weighted by molar-refractivity contribution is -0.139. The average Bonchev–Trinajstić information content (AvgIpc) is 3.15. The Hall–Kier alpha value is -3.00. The summed E-state index contributed by atoms with van der Waals surface area (Å²) in [4.78, 5) is 11.8. The number of nitrogens with one attached hydrogen (secondary N) is 1. The molecule has 0 fully saturated rings. The van der Waals surface area contributed by atoms with Crippen molar-refractivity contribution in [1.29, 1.82) is 0 Å². The van der Waals surface area contributed by atoms with E-state index in [-0.39, 0.29) is 11.7 Å². The third-order valence-electron chi connectivity index (χ3n) is 4.16. The molecule has 0 unspecified atom stereocenters.